The number of alkyl halides is 9. The molecule has 1 aliphatic rings. The molecular formula is C28H26F9N7O7. The predicted octanol–water partition coefficient (Wildman–Crippen LogP) is 3.68. The molecular weight excluding hydrogens is 717 g/mol. The number of benzene rings is 2. The number of aliphatic imine (C=N–C) groups is 1. The summed E-state index contributed by atoms with van der Waals surface area (Å²) in [4.78, 5) is 50.6. The number of guanidine groups is 1. The third-order valence-corrected chi connectivity index (χ3v) is 6.48. The van der Waals surface area contributed by atoms with Gasteiger partial charge in [0.15, 0.2) is 5.96 Å². The molecule has 278 valence electrons. The second-order valence-electron chi connectivity index (χ2n) is 10.2. The number of carbonyl (C=O) groups is 4. The summed E-state index contributed by atoms with van der Waals surface area (Å²) in [6.45, 7) is -4.15. The number of carboxylic acids is 1. The number of carbonyl (C=O) groups excluding carboxylic acids is 3. The second kappa shape index (κ2) is 16.8. The topological polar surface area (TPSA) is 196 Å². The highest BCUT2D eigenvalue weighted by atomic mass is 19.4. The molecule has 0 saturated heterocycles. The summed E-state index contributed by atoms with van der Waals surface area (Å²) in [5.41, 5.74) is -0.845. The number of hydrogen-bond donors (Lipinski definition) is 6. The van der Waals surface area contributed by atoms with Crippen molar-refractivity contribution in [2.45, 2.75) is 37.6 Å². The zero-order valence-corrected chi connectivity index (χ0v) is 25.7. The van der Waals surface area contributed by atoms with Crippen LogP contribution in [-0.4, -0.2) is 90.7 Å². The monoisotopic (exact) mass is 743 g/mol. The van der Waals surface area contributed by atoms with Gasteiger partial charge in [0.2, 0.25) is 5.91 Å². The Morgan fingerprint density at radius 2 is 1.75 bits per heavy atom. The van der Waals surface area contributed by atoms with Crippen molar-refractivity contribution in [3.05, 3.63) is 53.2 Å². The summed E-state index contributed by atoms with van der Waals surface area (Å²) in [6, 6.07) is 3.14. The van der Waals surface area contributed by atoms with Crippen LogP contribution < -0.4 is 26.0 Å². The smallest absolute Gasteiger partial charge is 0.475 e. The van der Waals surface area contributed by atoms with Gasteiger partial charge in [-0.25, -0.2) is 14.2 Å². The maximum Gasteiger partial charge on any atom is 0.490 e. The van der Waals surface area contributed by atoms with Gasteiger partial charge in [0, 0.05) is 10.9 Å². The third-order valence-electron chi connectivity index (χ3n) is 6.48. The van der Waals surface area contributed by atoms with Crippen LogP contribution in [0.5, 0.6) is 5.75 Å². The first-order chi connectivity index (χ1) is 23.8. The molecule has 2 amide bonds. The summed E-state index contributed by atoms with van der Waals surface area (Å²) >= 11 is 0. The second-order valence-corrected chi connectivity index (χ2v) is 10.2. The number of amides is 2. The van der Waals surface area contributed by atoms with Gasteiger partial charge in [-0.15, -0.1) is 0 Å². The SMILES string of the molecule is COC(=O)C[C@H](NC(=O)CNC(=O)c1cc(NC2=NCC(F)CN2)c2cn[nH]c2c1)c1cc(OC(F)F)cc(C(F)(F)F)c1.O=C(O)C(F)(F)F. The normalized spacial score (nSPS) is 15.0. The minimum Gasteiger partial charge on any atom is -0.475 e. The first kappa shape index (κ1) is 39.7. The van der Waals surface area contributed by atoms with Crippen molar-refractivity contribution in [3.63, 3.8) is 0 Å². The number of ether oxygens (including phenoxy) is 2. The molecule has 1 aromatic heterocycles. The predicted molar refractivity (Wildman–Crippen MR) is 157 cm³/mol. The van der Waals surface area contributed by atoms with Crippen LogP contribution in [0.4, 0.5) is 45.2 Å². The minimum absolute atomic E-state index is 0.0354. The molecule has 14 nitrogen and oxygen atoms in total. The number of esters is 1. The Labute approximate surface area is 279 Å². The fourth-order valence-electron chi connectivity index (χ4n) is 4.18. The number of carboxylic acid groups (broad SMARTS) is 1. The highest BCUT2D eigenvalue weighted by Gasteiger charge is 2.38. The lowest BCUT2D eigenvalue weighted by molar-refractivity contribution is -0.192. The minimum atomic E-state index is -5.08. The lowest BCUT2D eigenvalue weighted by atomic mass is 10.00. The Balaban J connectivity index is 0.000000908. The molecule has 0 bridgehead atoms. The van der Waals surface area contributed by atoms with Crippen LogP contribution in [0.15, 0.2) is 41.5 Å². The average molecular weight is 744 g/mol. The highest BCUT2D eigenvalue weighted by Crippen LogP contribution is 2.35. The van der Waals surface area contributed by atoms with E-state index in [9.17, 15) is 53.9 Å². The van der Waals surface area contributed by atoms with Gasteiger partial charge in [0.05, 0.1) is 62.2 Å². The Bertz CT molecular complexity index is 1760. The van der Waals surface area contributed by atoms with E-state index in [4.69, 9.17) is 9.90 Å². The molecule has 0 fully saturated rings. The van der Waals surface area contributed by atoms with E-state index >= 15 is 0 Å². The largest absolute Gasteiger partial charge is 0.490 e. The molecule has 0 saturated carbocycles. The number of anilines is 1. The van der Waals surface area contributed by atoms with Gasteiger partial charge < -0.3 is 35.8 Å². The number of nitrogens with zero attached hydrogens (tertiary/aromatic N) is 2. The lowest BCUT2D eigenvalue weighted by Crippen LogP contribution is -2.41. The molecule has 2 aromatic carbocycles. The fraction of sp³-hybridized carbons (Fsp3) is 0.357. The van der Waals surface area contributed by atoms with E-state index in [0.717, 1.165) is 13.2 Å². The van der Waals surface area contributed by atoms with Gasteiger partial charge in [-0.3, -0.25) is 19.5 Å². The number of fused-ring (bicyclic) bond motifs is 1. The lowest BCUT2D eigenvalue weighted by Gasteiger charge is -2.21. The molecule has 3 aromatic rings. The summed E-state index contributed by atoms with van der Waals surface area (Å²) < 4.78 is 120. The summed E-state index contributed by atoms with van der Waals surface area (Å²) in [5, 5.41) is 24.8. The van der Waals surface area contributed by atoms with Gasteiger partial charge in [0.25, 0.3) is 5.91 Å². The average Bonchev–Trinajstić information content (AvgIpc) is 3.52. The van der Waals surface area contributed by atoms with Crippen molar-refractivity contribution in [1.29, 1.82) is 0 Å². The Morgan fingerprint density at radius 3 is 2.31 bits per heavy atom. The molecule has 0 radical (unpaired) electrons. The Morgan fingerprint density at radius 1 is 1.06 bits per heavy atom. The first-order valence-corrected chi connectivity index (χ1v) is 14.0. The van der Waals surface area contributed by atoms with Crippen LogP contribution in [0.1, 0.15) is 33.9 Å². The fourth-order valence-corrected chi connectivity index (χ4v) is 4.18. The van der Waals surface area contributed by atoms with E-state index in [0.29, 0.717) is 28.7 Å². The highest BCUT2D eigenvalue weighted by molar-refractivity contribution is 6.07. The zero-order valence-electron chi connectivity index (χ0n) is 25.7. The number of H-pyrrole nitrogens is 1. The van der Waals surface area contributed by atoms with Crippen LogP contribution >= 0.6 is 0 Å². The van der Waals surface area contributed by atoms with E-state index in [2.05, 4.69) is 45.9 Å². The van der Waals surface area contributed by atoms with Gasteiger partial charge in [-0.1, -0.05) is 0 Å². The Hall–Kier alpha value is -5.77. The summed E-state index contributed by atoms with van der Waals surface area (Å²) in [6.07, 6.45) is -10.4. The number of rotatable bonds is 10. The molecule has 2 heterocycles. The van der Waals surface area contributed by atoms with E-state index < -0.39 is 79.2 Å². The molecule has 0 spiro atoms. The third kappa shape index (κ3) is 12.0. The van der Waals surface area contributed by atoms with Crippen molar-refractivity contribution in [2.75, 3.05) is 32.1 Å². The first-order valence-electron chi connectivity index (χ1n) is 14.0. The van der Waals surface area contributed by atoms with Gasteiger partial charge in [-0.05, 0) is 35.9 Å². The molecule has 2 atom stereocenters. The zero-order chi connectivity index (χ0) is 38.1. The van der Waals surface area contributed by atoms with Crippen LogP contribution in [0.3, 0.4) is 0 Å². The molecule has 23 heteroatoms. The molecule has 51 heavy (non-hydrogen) atoms. The van der Waals surface area contributed by atoms with Crippen molar-refractivity contribution >= 4 is 46.3 Å². The molecule has 1 unspecified atom stereocenters. The Kier molecular flexibility index (Phi) is 13.0. The number of nitrogens with one attached hydrogen (secondary N) is 5. The molecule has 4 rings (SSSR count). The standard InChI is InChI=1S/C26H25F6N7O5.C2HF3O2/c1-43-22(41)7-18(12-2-14(26(30,31)32)6-16(3-12)44-24(28)29)37-21(40)11-33-23(42)13-4-19(17-10-36-39-20(17)5-13)38-25-34-8-15(27)9-35-25;3-2(4,5)1(6)7/h2-6,10,15,18,24H,7-9,11H2,1H3,(H,33,42)(H,36,39)(H,37,40)(H2,34,35,38);(H,6,7)/t18-;/m0./s1. The van der Waals surface area contributed by atoms with Crippen molar-refractivity contribution in [2.24, 2.45) is 4.99 Å². The number of methoxy groups -OCH3 is 1. The van der Waals surface area contributed by atoms with Gasteiger partial charge in [-0.2, -0.15) is 40.2 Å². The van der Waals surface area contributed by atoms with Crippen LogP contribution in [0.2, 0.25) is 0 Å². The van der Waals surface area contributed by atoms with Crippen molar-refractivity contribution < 1.29 is 73.3 Å². The molecule has 6 N–H and O–H groups in total. The number of aromatic amines is 1. The van der Waals surface area contributed by atoms with Crippen LogP contribution in [0, 0.1) is 0 Å². The maximum atomic E-state index is 13.5. The van der Waals surface area contributed by atoms with E-state index in [1.165, 1.54) is 18.3 Å². The number of halogens is 9. The summed E-state index contributed by atoms with van der Waals surface area (Å²) in [7, 11) is 1.01. The number of aliphatic carboxylic acids is 1. The van der Waals surface area contributed by atoms with Gasteiger partial charge in [0.1, 0.15) is 11.9 Å². The quantitative estimate of drug-likeness (QED) is 0.132. The number of hydrogen-bond acceptors (Lipinski definition) is 10. The van der Waals surface area contributed by atoms with Crippen LogP contribution in [0.25, 0.3) is 10.9 Å². The maximum absolute atomic E-state index is 13.5. The van der Waals surface area contributed by atoms with Gasteiger partial charge >= 0.3 is 30.9 Å². The van der Waals surface area contributed by atoms with Crippen molar-refractivity contribution in [3.8, 4) is 5.75 Å². The number of aromatic nitrogens is 2. The van der Waals surface area contributed by atoms with E-state index in [-0.39, 0.29) is 30.2 Å². The van der Waals surface area contributed by atoms with E-state index in [1.807, 2.05) is 0 Å². The van der Waals surface area contributed by atoms with Crippen LogP contribution in [-0.2, 0) is 25.3 Å². The van der Waals surface area contributed by atoms with Crippen molar-refractivity contribution in [1.82, 2.24) is 26.1 Å². The molecule has 1 aliphatic heterocycles. The van der Waals surface area contributed by atoms with E-state index in [1.54, 1.807) is 0 Å². The summed E-state index contributed by atoms with van der Waals surface area (Å²) in [5.74, 6) is -5.93. The molecule has 0 aliphatic carbocycles.